The summed E-state index contributed by atoms with van der Waals surface area (Å²) >= 11 is 0.340. The number of aromatic nitrogens is 3. The van der Waals surface area contributed by atoms with Gasteiger partial charge in [-0.2, -0.15) is 8.78 Å². The van der Waals surface area contributed by atoms with Crippen LogP contribution in [0, 0.1) is 0 Å². The van der Waals surface area contributed by atoms with Crippen LogP contribution in [0.1, 0.15) is 5.56 Å². The first kappa shape index (κ1) is 20.5. The van der Waals surface area contributed by atoms with E-state index >= 15 is 0 Å². The number of carbonyl (C=O) groups is 1. The molecule has 0 aliphatic carbocycles. The van der Waals surface area contributed by atoms with E-state index in [1.165, 1.54) is 4.57 Å². The zero-order valence-corrected chi connectivity index (χ0v) is 16.9. The molecule has 1 aliphatic heterocycles. The number of ether oxygens (including phenoxy) is 1. The molecule has 1 saturated heterocycles. The largest absolute Gasteiger partial charge is 0.378 e. The first-order valence-corrected chi connectivity index (χ1v) is 10.4. The van der Waals surface area contributed by atoms with Crippen molar-refractivity contribution in [2.24, 2.45) is 0 Å². The summed E-state index contributed by atoms with van der Waals surface area (Å²) in [5, 5.41) is 2.98. The van der Waals surface area contributed by atoms with E-state index in [2.05, 4.69) is 20.2 Å². The summed E-state index contributed by atoms with van der Waals surface area (Å²) in [5.74, 6) is -2.04. The van der Waals surface area contributed by atoms with Gasteiger partial charge in [-0.25, -0.2) is 9.97 Å². The number of alkyl halides is 2. The average molecular weight is 433 g/mol. The lowest BCUT2D eigenvalue weighted by atomic mass is 10.2. The van der Waals surface area contributed by atoms with Gasteiger partial charge in [0.2, 0.25) is 5.91 Å². The number of nitrogens with zero attached hydrogens (tertiary/aromatic N) is 4. The number of halogens is 2. The number of amides is 1. The summed E-state index contributed by atoms with van der Waals surface area (Å²) in [6, 6.07) is 10.9. The second-order valence-electron chi connectivity index (χ2n) is 6.75. The van der Waals surface area contributed by atoms with Crippen molar-refractivity contribution in [2.75, 3.05) is 31.2 Å². The minimum atomic E-state index is -2.61. The van der Waals surface area contributed by atoms with E-state index in [4.69, 9.17) is 4.74 Å². The van der Waals surface area contributed by atoms with Gasteiger partial charge in [0.15, 0.2) is 5.16 Å². The maximum atomic E-state index is 12.9. The number of nitrogens with one attached hydrogen (secondary N) is 1. The third-order valence-corrected chi connectivity index (χ3v) is 5.45. The molecule has 0 unspecified atom stereocenters. The van der Waals surface area contributed by atoms with E-state index in [1.54, 1.807) is 30.5 Å². The highest BCUT2D eigenvalue weighted by molar-refractivity contribution is 7.99. The lowest BCUT2D eigenvalue weighted by molar-refractivity contribution is -0.121. The van der Waals surface area contributed by atoms with Crippen LogP contribution in [-0.2, 0) is 22.6 Å². The number of para-hydroxylation sites is 2. The number of fused-ring (bicyclic) bond motifs is 1. The quantitative estimate of drug-likeness (QED) is 0.578. The summed E-state index contributed by atoms with van der Waals surface area (Å²) < 4.78 is 32.7. The molecule has 30 heavy (non-hydrogen) atoms. The predicted molar refractivity (Wildman–Crippen MR) is 111 cm³/mol. The number of hydrogen-bond acceptors (Lipinski definition) is 6. The Labute approximate surface area is 176 Å². The Morgan fingerprint density at radius 2 is 2.03 bits per heavy atom. The third-order valence-electron chi connectivity index (χ3n) is 4.75. The van der Waals surface area contributed by atoms with Crippen molar-refractivity contribution in [3.05, 3.63) is 48.2 Å². The van der Waals surface area contributed by atoms with E-state index < -0.39 is 5.76 Å². The monoisotopic (exact) mass is 433 g/mol. The van der Waals surface area contributed by atoms with Crippen LogP contribution >= 0.6 is 11.8 Å². The van der Waals surface area contributed by atoms with Gasteiger partial charge in [0, 0.05) is 25.8 Å². The molecule has 2 aromatic heterocycles. The predicted octanol–water partition coefficient (Wildman–Crippen LogP) is 2.90. The summed E-state index contributed by atoms with van der Waals surface area (Å²) in [5.41, 5.74) is 2.14. The van der Waals surface area contributed by atoms with Crippen molar-refractivity contribution in [3.63, 3.8) is 0 Å². The first-order chi connectivity index (χ1) is 14.6. The fourth-order valence-corrected chi connectivity index (χ4v) is 3.91. The van der Waals surface area contributed by atoms with E-state index in [9.17, 15) is 13.6 Å². The van der Waals surface area contributed by atoms with Gasteiger partial charge in [0.05, 0.1) is 24.2 Å². The van der Waals surface area contributed by atoms with Gasteiger partial charge < -0.3 is 19.5 Å². The van der Waals surface area contributed by atoms with Crippen LogP contribution in [-0.4, -0.2) is 52.5 Å². The summed E-state index contributed by atoms with van der Waals surface area (Å²) in [6.45, 7) is 3.13. The number of morpholine rings is 1. The van der Waals surface area contributed by atoms with Gasteiger partial charge in [-0.05, 0) is 41.6 Å². The second-order valence-corrected chi connectivity index (χ2v) is 7.70. The Morgan fingerprint density at radius 3 is 2.83 bits per heavy atom. The molecule has 0 atom stereocenters. The van der Waals surface area contributed by atoms with E-state index in [0.29, 0.717) is 42.6 Å². The van der Waals surface area contributed by atoms with Crippen LogP contribution in [0.3, 0.4) is 0 Å². The molecule has 0 radical (unpaired) electrons. The number of thioether (sulfide) groups is 1. The summed E-state index contributed by atoms with van der Waals surface area (Å²) in [7, 11) is 0. The second kappa shape index (κ2) is 9.40. The Hall–Kier alpha value is -2.72. The molecule has 158 valence electrons. The molecule has 0 spiro atoms. The molecule has 7 nitrogen and oxygen atoms in total. The fourth-order valence-electron chi connectivity index (χ4n) is 3.31. The highest BCUT2D eigenvalue weighted by atomic mass is 32.2. The van der Waals surface area contributed by atoms with Crippen LogP contribution < -0.4 is 10.2 Å². The molecular weight excluding hydrogens is 412 g/mol. The van der Waals surface area contributed by atoms with Crippen molar-refractivity contribution in [3.8, 4) is 0 Å². The van der Waals surface area contributed by atoms with Crippen LogP contribution in [0.2, 0.25) is 0 Å². The molecule has 3 heterocycles. The minimum absolute atomic E-state index is 0.0863. The van der Waals surface area contributed by atoms with Crippen molar-refractivity contribution < 1.29 is 18.3 Å². The standard InChI is InChI=1S/C20H21F2N5O2S/c21-19(22)30-20-25-15-3-1-2-4-16(15)27(20)13-18(28)24-12-14-5-6-23-17(11-14)26-7-9-29-10-8-26/h1-6,11,19H,7-10,12-13H2,(H,24,28). The SMILES string of the molecule is O=C(Cn1c(SC(F)F)nc2ccccc21)NCc1ccnc(N2CCOCC2)c1. The number of benzene rings is 1. The summed E-state index contributed by atoms with van der Waals surface area (Å²) in [6.07, 6.45) is 1.72. The molecule has 4 rings (SSSR count). The van der Waals surface area contributed by atoms with Gasteiger partial charge in [-0.15, -0.1) is 0 Å². The van der Waals surface area contributed by atoms with Crippen LogP contribution in [0.5, 0.6) is 0 Å². The molecule has 1 amide bonds. The third kappa shape index (κ3) is 4.88. The zero-order chi connectivity index (χ0) is 20.9. The number of anilines is 1. The molecule has 10 heteroatoms. The number of imidazole rings is 1. The van der Waals surface area contributed by atoms with Crippen molar-refractivity contribution in [1.29, 1.82) is 0 Å². The molecule has 0 saturated carbocycles. The van der Waals surface area contributed by atoms with Gasteiger partial charge in [0.1, 0.15) is 12.4 Å². The number of rotatable bonds is 7. The van der Waals surface area contributed by atoms with Gasteiger partial charge in [0.25, 0.3) is 5.76 Å². The minimum Gasteiger partial charge on any atom is -0.378 e. The molecular formula is C20H21F2N5O2S. The van der Waals surface area contributed by atoms with E-state index in [-0.39, 0.29) is 17.6 Å². The smallest absolute Gasteiger partial charge is 0.291 e. The molecule has 1 aromatic carbocycles. The first-order valence-electron chi connectivity index (χ1n) is 9.54. The Bertz CT molecular complexity index is 1020. The topological polar surface area (TPSA) is 72.3 Å². The lowest BCUT2D eigenvalue weighted by Crippen LogP contribution is -2.36. The highest BCUT2D eigenvalue weighted by Crippen LogP contribution is 2.28. The summed E-state index contributed by atoms with van der Waals surface area (Å²) in [4.78, 5) is 23.3. The van der Waals surface area contributed by atoms with Crippen LogP contribution in [0.15, 0.2) is 47.8 Å². The Balaban J connectivity index is 1.43. The number of carbonyl (C=O) groups excluding carboxylic acids is 1. The molecule has 1 aliphatic rings. The molecule has 0 bridgehead atoms. The van der Waals surface area contributed by atoms with E-state index in [1.807, 2.05) is 12.1 Å². The zero-order valence-electron chi connectivity index (χ0n) is 16.1. The van der Waals surface area contributed by atoms with Gasteiger partial charge in [-0.3, -0.25) is 4.79 Å². The maximum Gasteiger partial charge on any atom is 0.291 e. The fraction of sp³-hybridized carbons (Fsp3) is 0.350. The molecule has 3 aromatic rings. The van der Waals surface area contributed by atoms with Gasteiger partial charge >= 0.3 is 0 Å². The molecule has 1 fully saturated rings. The Kier molecular flexibility index (Phi) is 6.44. The van der Waals surface area contributed by atoms with E-state index in [0.717, 1.165) is 24.5 Å². The van der Waals surface area contributed by atoms with Crippen molar-refractivity contribution >= 4 is 34.5 Å². The average Bonchev–Trinajstić information content (AvgIpc) is 3.09. The number of pyridine rings is 1. The van der Waals surface area contributed by atoms with Crippen molar-refractivity contribution in [2.45, 2.75) is 24.0 Å². The highest BCUT2D eigenvalue weighted by Gasteiger charge is 2.18. The van der Waals surface area contributed by atoms with Crippen molar-refractivity contribution in [1.82, 2.24) is 19.9 Å². The maximum absolute atomic E-state index is 12.9. The van der Waals surface area contributed by atoms with Crippen LogP contribution in [0.4, 0.5) is 14.6 Å². The lowest BCUT2D eigenvalue weighted by Gasteiger charge is -2.28. The van der Waals surface area contributed by atoms with Crippen LogP contribution in [0.25, 0.3) is 11.0 Å². The van der Waals surface area contributed by atoms with Gasteiger partial charge in [-0.1, -0.05) is 12.1 Å². The number of hydrogen-bond donors (Lipinski definition) is 1. The molecule has 1 N–H and O–H groups in total. The Morgan fingerprint density at radius 1 is 1.23 bits per heavy atom. The normalized spacial score (nSPS) is 14.4.